The fourth-order valence-corrected chi connectivity index (χ4v) is 1.43. The Kier molecular flexibility index (Phi) is 3.81. The molecule has 0 N–H and O–H groups in total. The van der Waals surface area contributed by atoms with E-state index in [1.54, 1.807) is 0 Å². The van der Waals surface area contributed by atoms with Gasteiger partial charge < -0.3 is 4.74 Å². The Hall–Kier alpha value is -0.840. The van der Waals surface area contributed by atoms with Gasteiger partial charge in [0.1, 0.15) is 5.75 Å². The van der Waals surface area contributed by atoms with Crippen LogP contribution in [0.2, 0.25) is 0 Å². The van der Waals surface area contributed by atoms with Crippen LogP contribution in [0.3, 0.4) is 0 Å². The van der Waals surface area contributed by atoms with E-state index in [2.05, 4.69) is 11.3 Å². The summed E-state index contributed by atoms with van der Waals surface area (Å²) in [5.41, 5.74) is 0. The predicted molar refractivity (Wildman–Crippen MR) is 40.9 cm³/mol. The van der Waals surface area contributed by atoms with E-state index in [1.807, 2.05) is 0 Å². The highest BCUT2D eigenvalue weighted by Crippen LogP contribution is 1.91. The summed E-state index contributed by atoms with van der Waals surface area (Å²) in [6.45, 7) is 3.25. The van der Waals surface area contributed by atoms with E-state index < -0.39 is 21.6 Å². The smallest absolute Gasteiger partial charge is 0.320 e. The van der Waals surface area contributed by atoms with Crippen LogP contribution in [0.15, 0.2) is 12.7 Å². The molecule has 0 saturated carbocycles. The molecule has 4 nitrogen and oxygen atoms in total. The van der Waals surface area contributed by atoms with Crippen molar-refractivity contribution in [1.82, 2.24) is 0 Å². The Bertz CT molecular complexity index is 239. The lowest BCUT2D eigenvalue weighted by Crippen LogP contribution is -2.18. The minimum absolute atomic E-state index is 0.192. The maximum Gasteiger partial charge on any atom is 0.320 e. The van der Waals surface area contributed by atoms with Crippen LogP contribution in [0.1, 0.15) is 0 Å². The molecule has 11 heavy (non-hydrogen) atoms. The standard InChI is InChI=1S/C6H10O4S/c1-3-4-11(8,9)5-6(7)10-2/h3H,1,4-5H2,2H3. The summed E-state index contributed by atoms with van der Waals surface area (Å²) < 4.78 is 25.8. The van der Waals surface area contributed by atoms with Crippen molar-refractivity contribution in [2.75, 3.05) is 18.6 Å². The number of carbonyl (C=O) groups excluding carboxylic acids is 1. The summed E-state index contributed by atoms with van der Waals surface area (Å²) in [6, 6.07) is 0. The Balaban J connectivity index is 4.13. The second kappa shape index (κ2) is 4.12. The van der Waals surface area contributed by atoms with Gasteiger partial charge in [0.05, 0.1) is 12.9 Å². The van der Waals surface area contributed by atoms with Crippen molar-refractivity contribution in [1.29, 1.82) is 0 Å². The number of sulfone groups is 1. The van der Waals surface area contributed by atoms with Gasteiger partial charge in [-0.2, -0.15) is 0 Å². The van der Waals surface area contributed by atoms with Crippen LogP contribution in [0.25, 0.3) is 0 Å². The predicted octanol–water partition coefficient (Wildman–Crippen LogP) is -0.240. The molecule has 0 saturated heterocycles. The minimum Gasteiger partial charge on any atom is -0.468 e. The van der Waals surface area contributed by atoms with Crippen molar-refractivity contribution < 1.29 is 17.9 Å². The highest BCUT2D eigenvalue weighted by molar-refractivity contribution is 7.92. The molecule has 5 heteroatoms. The first kappa shape index (κ1) is 10.2. The average molecular weight is 178 g/mol. The van der Waals surface area contributed by atoms with Crippen LogP contribution in [0, 0.1) is 0 Å². The number of esters is 1. The van der Waals surface area contributed by atoms with Gasteiger partial charge >= 0.3 is 5.97 Å². The molecular formula is C6H10O4S. The van der Waals surface area contributed by atoms with Gasteiger partial charge in [-0.25, -0.2) is 8.42 Å². The zero-order chi connectivity index (χ0) is 8.91. The lowest BCUT2D eigenvalue weighted by atomic mass is 10.8. The maximum atomic E-state index is 10.8. The molecule has 0 aliphatic carbocycles. The Morgan fingerprint density at radius 2 is 2.18 bits per heavy atom. The number of hydrogen-bond donors (Lipinski definition) is 0. The number of methoxy groups -OCH3 is 1. The van der Waals surface area contributed by atoms with Crippen molar-refractivity contribution in [3.05, 3.63) is 12.7 Å². The molecule has 0 aliphatic heterocycles. The maximum absolute atomic E-state index is 10.8. The molecule has 0 bridgehead atoms. The first-order valence-electron chi connectivity index (χ1n) is 2.90. The first-order chi connectivity index (χ1) is 5.02. The molecule has 0 aromatic carbocycles. The van der Waals surface area contributed by atoms with Gasteiger partial charge in [-0.1, -0.05) is 6.08 Å². The van der Waals surface area contributed by atoms with E-state index in [0.29, 0.717) is 0 Å². The van der Waals surface area contributed by atoms with Crippen molar-refractivity contribution in [3.8, 4) is 0 Å². The largest absolute Gasteiger partial charge is 0.468 e. The monoisotopic (exact) mass is 178 g/mol. The summed E-state index contributed by atoms with van der Waals surface area (Å²) in [7, 11) is -2.19. The molecule has 0 aromatic rings. The Morgan fingerprint density at radius 3 is 2.55 bits per heavy atom. The average Bonchev–Trinajstić information content (AvgIpc) is 1.86. The van der Waals surface area contributed by atoms with E-state index in [4.69, 9.17) is 0 Å². The topological polar surface area (TPSA) is 60.4 Å². The third-order valence-electron chi connectivity index (χ3n) is 0.937. The number of rotatable bonds is 4. The van der Waals surface area contributed by atoms with Gasteiger partial charge in [-0.3, -0.25) is 4.79 Å². The molecule has 0 amide bonds. The minimum atomic E-state index is -3.34. The Labute approximate surface area is 65.8 Å². The summed E-state index contributed by atoms with van der Waals surface area (Å²) in [4.78, 5) is 10.5. The molecule has 0 rings (SSSR count). The molecule has 0 heterocycles. The summed E-state index contributed by atoms with van der Waals surface area (Å²) >= 11 is 0. The van der Waals surface area contributed by atoms with Crippen LogP contribution in [-0.4, -0.2) is 33.0 Å². The molecule has 0 radical (unpaired) electrons. The van der Waals surface area contributed by atoms with E-state index in [-0.39, 0.29) is 5.75 Å². The van der Waals surface area contributed by atoms with Gasteiger partial charge in [0.25, 0.3) is 0 Å². The summed E-state index contributed by atoms with van der Waals surface area (Å²) in [6.07, 6.45) is 1.23. The van der Waals surface area contributed by atoms with Crippen LogP contribution in [0.4, 0.5) is 0 Å². The van der Waals surface area contributed by atoms with Crippen molar-refractivity contribution >= 4 is 15.8 Å². The third kappa shape index (κ3) is 4.55. The lowest BCUT2D eigenvalue weighted by molar-refractivity contribution is -0.137. The number of ether oxygens (including phenoxy) is 1. The van der Waals surface area contributed by atoms with E-state index in [9.17, 15) is 13.2 Å². The first-order valence-corrected chi connectivity index (χ1v) is 4.72. The normalized spacial score (nSPS) is 10.6. The van der Waals surface area contributed by atoms with Crippen molar-refractivity contribution in [2.45, 2.75) is 0 Å². The molecule has 64 valence electrons. The van der Waals surface area contributed by atoms with E-state index >= 15 is 0 Å². The van der Waals surface area contributed by atoms with Gasteiger partial charge in [-0.05, 0) is 0 Å². The van der Waals surface area contributed by atoms with E-state index in [1.165, 1.54) is 6.08 Å². The SMILES string of the molecule is C=CCS(=O)(=O)CC(=O)OC. The highest BCUT2D eigenvalue weighted by atomic mass is 32.2. The molecular weight excluding hydrogens is 168 g/mol. The second-order valence-electron chi connectivity index (χ2n) is 1.92. The molecule has 0 fully saturated rings. The highest BCUT2D eigenvalue weighted by Gasteiger charge is 2.14. The fourth-order valence-electron chi connectivity index (χ4n) is 0.477. The Morgan fingerprint density at radius 1 is 1.64 bits per heavy atom. The molecule has 0 unspecified atom stereocenters. The lowest BCUT2D eigenvalue weighted by Gasteiger charge is -1.97. The van der Waals surface area contributed by atoms with Crippen LogP contribution < -0.4 is 0 Å². The van der Waals surface area contributed by atoms with Gasteiger partial charge in [0, 0.05) is 0 Å². The number of hydrogen-bond acceptors (Lipinski definition) is 4. The van der Waals surface area contributed by atoms with Crippen molar-refractivity contribution in [3.63, 3.8) is 0 Å². The molecule has 0 atom stereocenters. The fraction of sp³-hybridized carbons (Fsp3) is 0.500. The van der Waals surface area contributed by atoms with Crippen LogP contribution in [0.5, 0.6) is 0 Å². The number of carbonyl (C=O) groups is 1. The third-order valence-corrected chi connectivity index (χ3v) is 2.36. The second-order valence-corrected chi connectivity index (χ2v) is 4.03. The quantitative estimate of drug-likeness (QED) is 0.440. The van der Waals surface area contributed by atoms with Gasteiger partial charge in [0.15, 0.2) is 9.84 Å². The zero-order valence-electron chi connectivity index (χ0n) is 6.24. The van der Waals surface area contributed by atoms with Crippen LogP contribution in [-0.2, 0) is 19.4 Å². The summed E-state index contributed by atoms with van der Waals surface area (Å²) in [5.74, 6) is -1.51. The molecule has 0 aliphatic rings. The molecule has 0 aromatic heterocycles. The summed E-state index contributed by atoms with van der Waals surface area (Å²) in [5, 5.41) is 0. The van der Waals surface area contributed by atoms with Gasteiger partial charge in [-0.15, -0.1) is 6.58 Å². The zero-order valence-corrected chi connectivity index (χ0v) is 7.06. The van der Waals surface area contributed by atoms with Gasteiger partial charge in [0.2, 0.25) is 0 Å². The van der Waals surface area contributed by atoms with Crippen LogP contribution >= 0.6 is 0 Å². The van der Waals surface area contributed by atoms with E-state index in [0.717, 1.165) is 7.11 Å². The molecule has 0 spiro atoms. The van der Waals surface area contributed by atoms with Crippen molar-refractivity contribution in [2.24, 2.45) is 0 Å².